The Morgan fingerprint density at radius 2 is 1.89 bits per heavy atom. The number of ether oxygens (including phenoxy) is 1. The zero-order chi connectivity index (χ0) is 12.7. The average Bonchev–Trinajstić information content (AvgIpc) is 2.76. The fourth-order valence-corrected chi connectivity index (χ4v) is 2.30. The molecule has 0 saturated carbocycles. The molecule has 0 aliphatic carbocycles. The molecule has 1 aliphatic heterocycles. The summed E-state index contributed by atoms with van der Waals surface area (Å²) in [7, 11) is 0. The predicted octanol–water partition coefficient (Wildman–Crippen LogP) is 4.38. The van der Waals surface area contributed by atoms with E-state index in [1.807, 2.05) is 0 Å². The third kappa shape index (κ3) is 1.85. The maximum absolute atomic E-state index is 13.8. The second-order valence-corrected chi connectivity index (χ2v) is 4.49. The lowest BCUT2D eigenvalue weighted by molar-refractivity contribution is 0.436. The first-order chi connectivity index (χ1) is 8.65. The summed E-state index contributed by atoms with van der Waals surface area (Å²) in [5.74, 6) is -0.651. The molecular formula is C14H8ClF2O. The molecule has 0 amide bonds. The van der Waals surface area contributed by atoms with Crippen molar-refractivity contribution in [3.05, 3.63) is 59.2 Å². The van der Waals surface area contributed by atoms with Gasteiger partial charge in [0.25, 0.3) is 0 Å². The smallest absolute Gasteiger partial charge is 0.140 e. The van der Waals surface area contributed by atoms with E-state index < -0.39 is 11.6 Å². The van der Waals surface area contributed by atoms with Crippen molar-refractivity contribution in [1.29, 1.82) is 0 Å². The van der Waals surface area contributed by atoms with Crippen LogP contribution in [0.2, 0.25) is 5.02 Å². The van der Waals surface area contributed by atoms with Gasteiger partial charge in [-0.15, -0.1) is 0 Å². The normalized spacial score (nSPS) is 13.3. The van der Waals surface area contributed by atoms with Crippen molar-refractivity contribution in [2.45, 2.75) is 6.42 Å². The summed E-state index contributed by atoms with van der Waals surface area (Å²) in [4.78, 5) is 0. The molecule has 18 heavy (non-hydrogen) atoms. The van der Waals surface area contributed by atoms with Gasteiger partial charge in [0, 0.05) is 34.2 Å². The Morgan fingerprint density at radius 1 is 1.06 bits per heavy atom. The number of rotatable bonds is 1. The molecule has 1 aliphatic rings. The molecule has 0 aromatic heterocycles. The van der Waals surface area contributed by atoms with Crippen LogP contribution in [-0.4, -0.2) is 0 Å². The van der Waals surface area contributed by atoms with E-state index >= 15 is 0 Å². The fourth-order valence-electron chi connectivity index (χ4n) is 2.06. The number of benzene rings is 2. The van der Waals surface area contributed by atoms with Crippen LogP contribution in [0.5, 0.6) is 5.75 Å². The summed E-state index contributed by atoms with van der Waals surface area (Å²) in [6, 6.07) is 6.85. The minimum Gasteiger partial charge on any atom is -0.485 e. The minimum atomic E-state index is -0.630. The fraction of sp³-hybridized carbons (Fsp3) is 0.0714. The van der Waals surface area contributed by atoms with E-state index in [1.165, 1.54) is 12.1 Å². The molecule has 1 heterocycles. The van der Waals surface area contributed by atoms with Crippen molar-refractivity contribution in [1.82, 2.24) is 0 Å². The zero-order valence-corrected chi connectivity index (χ0v) is 9.97. The van der Waals surface area contributed by atoms with Gasteiger partial charge in [-0.05, 0) is 24.3 Å². The molecule has 1 nitrogen and oxygen atoms in total. The summed E-state index contributed by atoms with van der Waals surface area (Å²) in [6.07, 6.45) is 0.631. The average molecular weight is 266 g/mol. The van der Waals surface area contributed by atoms with Crippen molar-refractivity contribution in [3.8, 4) is 16.9 Å². The first-order valence-corrected chi connectivity index (χ1v) is 5.79. The standard InChI is InChI=1S/C14H8ClF2O/c15-9-5-8-3-4-18-14(8)12(6-9)11-2-1-10(16)7-13(11)17/h1-2,4-7H,3H2. The maximum atomic E-state index is 13.8. The van der Waals surface area contributed by atoms with Gasteiger partial charge in [0.1, 0.15) is 24.0 Å². The van der Waals surface area contributed by atoms with E-state index in [4.69, 9.17) is 16.3 Å². The van der Waals surface area contributed by atoms with Crippen LogP contribution in [0.3, 0.4) is 0 Å². The zero-order valence-electron chi connectivity index (χ0n) is 9.21. The highest BCUT2D eigenvalue weighted by atomic mass is 35.5. The van der Waals surface area contributed by atoms with Crippen LogP contribution in [-0.2, 0) is 6.42 Å². The molecular weight excluding hydrogens is 258 g/mol. The molecule has 1 radical (unpaired) electrons. The molecule has 4 heteroatoms. The van der Waals surface area contributed by atoms with E-state index in [1.54, 1.807) is 18.7 Å². The molecule has 2 aromatic rings. The Morgan fingerprint density at radius 3 is 2.67 bits per heavy atom. The van der Waals surface area contributed by atoms with Gasteiger partial charge in [-0.25, -0.2) is 8.78 Å². The first-order valence-electron chi connectivity index (χ1n) is 5.41. The number of fused-ring (bicyclic) bond motifs is 1. The van der Waals surface area contributed by atoms with E-state index in [0.29, 0.717) is 22.8 Å². The van der Waals surface area contributed by atoms with Crippen LogP contribution in [0.4, 0.5) is 8.78 Å². The largest absolute Gasteiger partial charge is 0.485 e. The van der Waals surface area contributed by atoms with Crippen LogP contribution in [0.15, 0.2) is 30.3 Å². The predicted molar refractivity (Wildman–Crippen MR) is 65.4 cm³/mol. The Labute approximate surface area is 108 Å². The number of hydrogen-bond acceptors (Lipinski definition) is 1. The molecule has 91 valence electrons. The van der Waals surface area contributed by atoms with Gasteiger partial charge < -0.3 is 4.74 Å². The Kier molecular flexibility index (Phi) is 2.71. The van der Waals surface area contributed by atoms with E-state index in [9.17, 15) is 8.78 Å². The monoisotopic (exact) mass is 265 g/mol. The molecule has 0 unspecified atom stereocenters. The highest BCUT2D eigenvalue weighted by molar-refractivity contribution is 6.31. The summed E-state index contributed by atoms with van der Waals surface area (Å²) in [5, 5.41) is 0.506. The highest BCUT2D eigenvalue weighted by Crippen LogP contribution is 2.41. The third-order valence-electron chi connectivity index (χ3n) is 2.86. The van der Waals surface area contributed by atoms with Crippen molar-refractivity contribution in [3.63, 3.8) is 0 Å². The van der Waals surface area contributed by atoms with Crippen molar-refractivity contribution in [2.75, 3.05) is 0 Å². The second-order valence-electron chi connectivity index (χ2n) is 4.05. The molecule has 0 spiro atoms. The third-order valence-corrected chi connectivity index (χ3v) is 3.07. The van der Waals surface area contributed by atoms with E-state index in [-0.39, 0.29) is 5.56 Å². The molecule has 0 N–H and O–H groups in total. The molecule has 0 bridgehead atoms. The van der Waals surface area contributed by atoms with Gasteiger partial charge in [-0.2, -0.15) is 0 Å². The minimum absolute atomic E-state index is 0.283. The second kappa shape index (κ2) is 4.25. The molecule has 0 fully saturated rings. The Hall–Kier alpha value is -1.61. The highest BCUT2D eigenvalue weighted by Gasteiger charge is 2.21. The number of halogens is 3. The van der Waals surface area contributed by atoms with Crippen LogP contribution in [0.1, 0.15) is 5.56 Å². The van der Waals surface area contributed by atoms with Crippen LogP contribution >= 0.6 is 11.6 Å². The van der Waals surface area contributed by atoms with Crippen molar-refractivity contribution >= 4 is 11.6 Å². The van der Waals surface area contributed by atoms with Gasteiger partial charge in [0.05, 0.1) is 0 Å². The van der Waals surface area contributed by atoms with Gasteiger partial charge in [-0.3, -0.25) is 0 Å². The van der Waals surface area contributed by atoms with Crippen LogP contribution in [0.25, 0.3) is 11.1 Å². The van der Waals surface area contributed by atoms with E-state index in [2.05, 4.69) is 0 Å². The van der Waals surface area contributed by atoms with Crippen LogP contribution < -0.4 is 4.74 Å². The van der Waals surface area contributed by atoms with Gasteiger partial charge >= 0.3 is 0 Å². The van der Waals surface area contributed by atoms with Crippen LogP contribution in [0, 0.1) is 18.2 Å². The lowest BCUT2D eigenvalue weighted by Crippen LogP contribution is -1.90. The Balaban J connectivity index is 2.23. The van der Waals surface area contributed by atoms with E-state index in [0.717, 1.165) is 11.6 Å². The summed E-state index contributed by atoms with van der Waals surface area (Å²) >= 11 is 6.00. The number of hydrogen-bond donors (Lipinski definition) is 0. The Bertz CT molecular complexity index is 625. The molecule has 0 saturated heterocycles. The summed E-state index contributed by atoms with van der Waals surface area (Å²) in [6.45, 7) is 1.63. The van der Waals surface area contributed by atoms with Gasteiger partial charge in [0.15, 0.2) is 0 Å². The molecule has 0 atom stereocenters. The van der Waals surface area contributed by atoms with Crippen molar-refractivity contribution in [2.24, 2.45) is 0 Å². The quantitative estimate of drug-likeness (QED) is 0.743. The summed E-state index contributed by atoms with van der Waals surface area (Å²) < 4.78 is 32.1. The SMILES string of the molecule is Fc1ccc(-c2cc(Cl)cc3c2O[CH]C3)c(F)c1. The molecule has 3 rings (SSSR count). The first kappa shape index (κ1) is 11.5. The maximum Gasteiger partial charge on any atom is 0.140 e. The molecule has 2 aromatic carbocycles. The van der Waals surface area contributed by atoms with Gasteiger partial charge in [0.2, 0.25) is 0 Å². The van der Waals surface area contributed by atoms with Crippen molar-refractivity contribution < 1.29 is 13.5 Å². The topological polar surface area (TPSA) is 9.23 Å². The lowest BCUT2D eigenvalue weighted by atomic mass is 10.0. The van der Waals surface area contributed by atoms with Gasteiger partial charge in [-0.1, -0.05) is 11.6 Å². The lowest BCUT2D eigenvalue weighted by Gasteiger charge is -2.10. The summed E-state index contributed by atoms with van der Waals surface area (Å²) in [5.41, 5.74) is 1.73.